The van der Waals surface area contributed by atoms with Gasteiger partial charge in [-0.3, -0.25) is 0 Å². The third-order valence-electron chi connectivity index (χ3n) is 3.95. The number of halogens is 1. The van der Waals surface area contributed by atoms with Crippen molar-refractivity contribution >= 4 is 5.65 Å². The molecule has 0 aliphatic heterocycles. The average molecular weight is 365 g/mol. The molecule has 2 aromatic carbocycles. The smallest absolute Gasteiger partial charge is 0.286 e. The van der Waals surface area contributed by atoms with Crippen molar-refractivity contribution in [1.82, 2.24) is 4.57 Å². The molecule has 2 heterocycles. The van der Waals surface area contributed by atoms with Crippen LogP contribution in [-0.4, -0.2) is 4.57 Å². The van der Waals surface area contributed by atoms with Crippen LogP contribution in [0.2, 0.25) is 0 Å². The van der Waals surface area contributed by atoms with Crippen LogP contribution in [0.4, 0.5) is 0 Å². The number of fused-ring (bicyclic) bond motifs is 1. The summed E-state index contributed by atoms with van der Waals surface area (Å²) < 4.78 is 4.55. The van der Waals surface area contributed by atoms with Crippen LogP contribution in [0.5, 0.6) is 0 Å². The van der Waals surface area contributed by atoms with E-state index in [-0.39, 0.29) is 17.0 Å². The van der Waals surface area contributed by atoms with Crippen LogP contribution in [0, 0.1) is 0 Å². The molecule has 23 heavy (non-hydrogen) atoms. The van der Waals surface area contributed by atoms with Crippen LogP contribution >= 0.6 is 0 Å². The summed E-state index contributed by atoms with van der Waals surface area (Å²) in [7, 11) is 0. The summed E-state index contributed by atoms with van der Waals surface area (Å²) >= 11 is 0. The van der Waals surface area contributed by atoms with Crippen molar-refractivity contribution in [2.75, 3.05) is 0 Å². The minimum Gasteiger partial charge on any atom is -1.00 e. The van der Waals surface area contributed by atoms with Gasteiger partial charge in [-0.25, -0.2) is 8.97 Å². The SMILES string of the molecule is [Br-].c1ccc(Cn2c(-c3ccccc3)c[n+]3ccccc23)cc1. The predicted molar refractivity (Wildman–Crippen MR) is 88.6 cm³/mol. The van der Waals surface area contributed by atoms with Gasteiger partial charge < -0.3 is 17.0 Å². The second-order valence-corrected chi connectivity index (χ2v) is 5.42. The normalized spacial score (nSPS) is 10.4. The molecule has 2 aromatic heterocycles. The Morgan fingerprint density at radius 1 is 0.739 bits per heavy atom. The number of nitrogens with zero attached hydrogens (tertiary/aromatic N) is 2. The van der Waals surface area contributed by atoms with Crippen LogP contribution in [0.25, 0.3) is 16.9 Å². The largest absolute Gasteiger partial charge is 1.00 e. The molecule has 3 heteroatoms. The third kappa shape index (κ3) is 3.06. The molecule has 2 nitrogen and oxygen atoms in total. The van der Waals surface area contributed by atoms with Gasteiger partial charge >= 0.3 is 0 Å². The maximum Gasteiger partial charge on any atom is 0.286 e. The fourth-order valence-electron chi connectivity index (χ4n) is 2.88. The molecular formula is C20H17BrN2. The minimum absolute atomic E-state index is 0. The zero-order valence-electron chi connectivity index (χ0n) is 12.6. The first-order chi connectivity index (χ1) is 10.9. The molecule has 0 unspecified atom stereocenters. The molecule has 114 valence electrons. The van der Waals surface area contributed by atoms with E-state index in [1.807, 2.05) is 0 Å². The monoisotopic (exact) mass is 364 g/mol. The highest BCUT2D eigenvalue weighted by atomic mass is 79.9. The first kappa shape index (κ1) is 15.5. The lowest BCUT2D eigenvalue weighted by Crippen LogP contribution is -3.00. The average Bonchev–Trinajstić information content (AvgIpc) is 2.95. The molecule has 0 saturated carbocycles. The molecule has 0 saturated heterocycles. The molecule has 0 aliphatic rings. The first-order valence-corrected chi connectivity index (χ1v) is 7.51. The highest BCUT2D eigenvalue weighted by Crippen LogP contribution is 2.21. The van der Waals surface area contributed by atoms with E-state index >= 15 is 0 Å². The number of pyridine rings is 1. The Balaban J connectivity index is 0.00000156. The van der Waals surface area contributed by atoms with Gasteiger partial charge in [-0.05, 0) is 11.6 Å². The predicted octanol–water partition coefficient (Wildman–Crippen LogP) is 0.946. The molecule has 0 radical (unpaired) electrons. The fraction of sp³-hybridized carbons (Fsp3) is 0.0500. The maximum absolute atomic E-state index is 2.37. The number of rotatable bonds is 3. The molecular weight excluding hydrogens is 348 g/mol. The van der Waals surface area contributed by atoms with Crippen molar-refractivity contribution in [3.63, 3.8) is 0 Å². The van der Waals surface area contributed by atoms with Gasteiger partial charge in [0.25, 0.3) is 5.65 Å². The third-order valence-corrected chi connectivity index (χ3v) is 3.95. The van der Waals surface area contributed by atoms with E-state index in [4.69, 9.17) is 0 Å². The number of aromatic nitrogens is 2. The summed E-state index contributed by atoms with van der Waals surface area (Å²) in [6, 6.07) is 27.5. The first-order valence-electron chi connectivity index (χ1n) is 7.51. The highest BCUT2D eigenvalue weighted by molar-refractivity contribution is 5.61. The second-order valence-electron chi connectivity index (χ2n) is 5.42. The molecule has 0 spiro atoms. The number of hydrogen-bond donors (Lipinski definition) is 0. The number of benzene rings is 2. The summed E-state index contributed by atoms with van der Waals surface area (Å²) in [4.78, 5) is 0. The summed E-state index contributed by atoms with van der Waals surface area (Å²) in [5.41, 5.74) is 4.98. The van der Waals surface area contributed by atoms with Crippen LogP contribution in [0.1, 0.15) is 5.56 Å². The molecule has 0 aliphatic carbocycles. The number of imidazole rings is 1. The van der Waals surface area contributed by atoms with Gasteiger partial charge in [-0.15, -0.1) is 0 Å². The van der Waals surface area contributed by atoms with E-state index < -0.39 is 0 Å². The zero-order chi connectivity index (χ0) is 14.8. The molecule has 0 N–H and O–H groups in total. The summed E-state index contributed by atoms with van der Waals surface area (Å²) in [6.07, 6.45) is 4.30. The Kier molecular flexibility index (Phi) is 4.58. The van der Waals surface area contributed by atoms with Gasteiger partial charge in [-0.2, -0.15) is 0 Å². The van der Waals surface area contributed by atoms with Crippen LogP contribution in [0.15, 0.2) is 91.3 Å². The highest BCUT2D eigenvalue weighted by Gasteiger charge is 2.18. The molecule has 0 bridgehead atoms. The Hall–Kier alpha value is -2.39. The summed E-state index contributed by atoms with van der Waals surface area (Å²) in [5.74, 6) is 0. The van der Waals surface area contributed by atoms with Crippen molar-refractivity contribution in [2.45, 2.75) is 6.54 Å². The minimum atomic E-state index is 0. The Labute approximate surface area is 146 Å². The lowest BCUT2D eigenvalue weighted by molar-refractivity contribution is -0.510. The fourth-order valence-corrected chi connectivity index (χ4v) is 2.88. The quantitative estimate of drug-likeness (QED) is 0.478. The van der Waals surface area contributed by atoms with Crippen LogP contribution < -0.4 is 21.4 Å². The van der Waals surface area contributed by atoms with Gasteiger partial charge in [0.1, 0.15) is 12.7 Å². The van der Waals surface area contributed by atoms with Gasteiger partial charge in [0.05, 0.1) is 6.20 Å². The van der Waals surface area contributed by atoms with Gasteiger partial charge in [0, 0.05) is 11.6 Å². The number of hydrogen-bond acceptors (Lipinski definition) is 0. The van der Waals surface area contributed by atoms with Gasteiger partial charge in [0.2, 0.25) is 0 Å². The zero-order valence-corrected chi connectivity index (χ0v) is 14.2. The lowest BCUT2D eigenvalue weighted by atomic mass is 10.1. The van der Waals surface area contributed by atoms with E-state index in [0.29, 0.717) is 0 Å². The van der Waals surface area contributed by atoms with E-state index in [1.165, 1.54) is 22.5 Å². The standard InChI is InChI=1S/C20H17N2.BrH/c1-3-9-17(10-4-1)15-22-19(18-11-5-2-6-12-18)16-21-14-8-7-13-20(21)22;/h1-14,16H,15H2;1H/q+1;/p-1. The molecule has 0 atom stereocenters. The molecule has 4 rings (SSSR count). The Morgan fingerprint density at radius 2 is 1.39 bits per heavy atom. The van der Waals surface area contributed by atoms with Gasteiger partial charge in [-0.1, -0.05) is 66.7 Å². The molecule has 0 fully saturated rings. The van der Waals surface area contributed by atoms with E-state index in [9.17, 15) is 0 Å². The van der Waals surface area contributed by atoms with E-state index in [2.05, 4.69) is 100 Å². The van der Waals surface area contributed by atoms with Crippen LogP contribution in [-0.2, 0) is 6.54 Å². The topological polar surface area (TPSA) is 9.03 Å². The summed E-state index contributed by atoms with van der Waals surface area (Å²) in [5, 5.41) is 0. The van der Waals surface area contributed by atoms with Crippen molar-refractivity contribution in [2.24, 2.45) is 0 Å². The molecule has 4 aromatic rings. The van der Waals surface area contributed by atoms with E-state index in [1.54, 1.807) is 0 Å². The Bertz CT molecular complexity index is 899. The lowest BCUT2D eigenvalue weighted by Gasteiger charge is -2.03. The maximum atomic E-state index is 2.37. The molecule has 0 amide bonds. The van der Waals surface area contributed by atoms with E-state index in [0.717, 1.165) is 6.54 Å². The van der Waals surface area contributed by atoms with Crippen molar-refractivity contribution < 1.29 is 21.4 Å². The van der Waals surface area contributed by atoms with Crippen molar-refractivity contribution in [3.05, 3.63) is 96.8 Å². The van der Waals surface area contributed by atoms with Crippen LogP contribution in [0.3, 0.4) is 0 Å². The summed E-state index contributed by atoms with van der Waals surface area (Å²) in [6.45, 7) is 0.867. The Morgan fingerprint density at radius 3 is 2.13 bits per heavy atom. The van der Waals surface area contributed by atoms with Crippen molar-refractivity contribution in [1.29, 1.82) is 0 Å². The van der Waals surface area contributed by atoms with Crippen molar-refractivity contribution in [3.8, 4) is 11.3 Å². The van der Waals surface area contributed by atoms with Gasteiger partial charge in [0.15, 0.2) is 5.69 Å². The second kappa shape index (κ2) is 6.80.